The number of nitrogens with zero attached hydrogens (tertiary/aromatic N) is 2. The van der Waals surface area contributed by atoms with E-state index < -0.39 is 0 Å². The highest BCUT2D eigenvalue weighted by atomic mass is 32.2. The fourth-order valence-electron chi connectivity index (χ4n) is 2.10. The normalized spacial score (nSPS) is 14.8. The molecule has 0 atom stereocenters. The van der Waals surface area contributed by atoms with Gasteiger partial charge in [-0.15, -0.1) is 11.8 Å². The monoisotopic (exact) mass is 299 g/mol. The number of pyridine rings is 1. The van der Waals surface area contributed by atoms with Crippen LogP contribution in [0.25, 0.3) is 10.5 Å². The molecule has 0 spiro atoms. The second-order valence-electron chi connectivity index (χ2n) is 4.52. The summed E-state index contributed by atoms with van der Waals surface area (Å²) in [4.78, 5) is 19.6. The zero-order chi connectivity index (χ0) is 14.7. The smallest absolute Gasteiger partial charge is 0.212 e. The van der Waals surface area contributed by atoms with Crippen molar-refractivity contribution in [2.45, 2.75) is 6.92 Å². The van der Waals surface area contributed by atoms with Crippen LogP contribution < -0.4 is 5.32 Å². The summed E-state index contributed by atoms with van der Waals surface area (Å²) in [5.41, 5.74) is 3.47. The van der Waals surface area contributed by atoms with Gasteiger partial charge in [0.2, 0.25) is 6.41 Å². The van der Waals surface area contributed by atoms with Gasteiger partial charge in [0.25, 0.3) is 0 Å². The van der Waals surface area contributed by atoms with Crippen molar-refractivity contribution in [3.63, 3.8) is 0 Å². The Hall–Kier alpha value is -2.34. The summed E-state index contributed by atoms with van der Waals surface area (Å²) < 4.78 is 5.33. The van der Waals surface area contributed by atoms with Crippen LogP contribution in [0.2, 0.25) is 0 Å². The van der Waals surface area contributed by atoms with E-state index in [9.17, 15) is 4.79 Å². The Morgan fingerprint density at radius 1 is 1.38 bits per heavy atom. The number of allylic oxidation sites excluding steroid dienone is 2. The Kier molecular flexibility index (Phi) is 3.87. The number of aromatic nitrogens is 2. The number of carbonyl (C=O) groups is 1. The van der Waals surface area contributed by atoms with Crippen LogP contribution in [0.4, 0.5) is 5.82 Å². The highest BCUT2D eigenvalue weighted by Gasteiger charge is 2.16. The molecule has 3 rings (SSSR count). The lowest BCUT2D eigenvalue weighted by molar-refractivity contribution is -0.105. The van der Waals surface area contributed by atoms with E-state index in [1.807, 2.05) is 6.07 Å². The van der Waals surface area contributed by atoms with Gasteiger partial charge in [0.15, 0.2) is 12.2 Å². The molecule has 0 bridgehead atoms. The summed E-state index contributed by atoms with van der Waals surface area (Å²) in [6.45, 7) is 2.07. The maximum Gasteiger partial charge on any atom is 0.212 e. The number of rotatable bonds is 4. The number of thioether (sulfide) groups is 1. The average molecular weight is 299 g/mol. The van der Waals surface area contributed by atoms with E-state index in [1.165, 1.54) is 17.5 Å². The van der Waals surface area contributed by atoms with E-state index in [2.05, 4.69) is 28.3 Å². The van der Waals surface area contributed by atoms with Gasteiger partial charge in [0.05, 0.1) is 11.1 Å². The van der Waals surface area contributed by atoms with E-state index >= 15 is 0 Å². The van der Waals surface area contributed by atoms with Gasteiger partial charge in [0.1, 0.15) is 5.82 Å². The molecule has 0 radical (unpaired) electrons. The lowest BCUT2D eigenvalue weighted by Gasteiger charge is -2.17. The summed E-state index contributed by atoms with van der Waals surface area (Å²) in [6, 6.07) is 3.76. The first kappa shape index (κ1) is 13.6. The number of nitrogens with one attached hydrogen (secondary N) is 1. The zero-order valence-electron chi connectivity index (χ0n) is 11.4. The van der Waals surface area contributed by atoms with Crippen LogP contribution in [-0.4, -0.2) is 22.1 Å². The van der Waals surface area contributed by atoms with Gasteiger partial charge in [-0.2, -0.15) is 0 Å². The Morgan fingerprint density at radius 3 is 2.90 bits per heavy atom. The maximum atomic E-state index is 10.4. The Morgan fingerprint density at radius 2 is 2.29 bits per heavy atom. The van der Waals surface area contributed by atoms with E-state index in [0.29, 0.717) is 12.2 Å². The molecule has 0 fully saturated rings. The van der Waals surface area contributed by atoms with Crippen LogP contribution in [0.15, 0.2) is 47.0 Å². The van der Waals surface area contributed by atoms with Gasteiger partial charge in [-0.25, -0.2) is 9.97 Å². The van der Waals surface area contributed by atoms with Crippen LogP contribution in [0.3, 0.4) is 0 Å². The summed E-state index contributed by atoms with van der Waals surface area (Å²) in [7, 11) is 0. The molecule has 1 N–H and O–H groups in total. The second kappa shape index (κ2) is 5.97. The summed E-state index contributed by atoms with van der Waals surface area (Å²) in [5, 5.41) is 2.53. The lowest BCUT2D eigenvalue weighted by Crippen LogP contribution is -2.00. The van der Waals surface area contributed by atoms with E-state index in [1.54, 1.807) is 30.2 Å². The molecule has 1 aliphatic rings. The van der Waals surface area contributed by atoms with Gasteiger partial charge in [-0.3, -0.25) is 4.79 Å². The number of anilines is 1. The van der Waals surface area contributed by atoms with Crippen molar-refractivity contribution in [2.24, 2.45) is 0 Å². The third kappa shape index (κ3) is 2.90. The molecule has 3 heterocycles. The predicted molar refractivity (Wildman–Crippen MR) is 83.5 cm³/mol. The molecule has 0 aromatic carbocycles. The van der Waals surface area contributed by atoms with Gasteiger partial charge >= 0.3 is 0 Å². The highest BCUT2D eigenvalue weighted by Crippen LogP contribution is 2.38. The fourth-order valence-corrected chi connectivity index (χ4v) is 3.30. The van der Waals surface area contributed by atoms with Crippen molar-refractivity contribution in [1.29, 1.82) is 0 Å². The fraction of sp³-hybridized carbons (Fsp3) is 0.133. The van der Waals surface area contributed by atoms with E-state index in [4.69, 9.17) is 4.42 Å². The molecule has 2 aromatic heterocycles. The average Bonchev–Trinajstić information content (AvgIpc) is 3.03. The molecule has 2 aromatic rings. The topological polar surface area (TPSA) is 68.0 Å². The minimum atomic E-state index is 0.549. The Balaban J connectivity index is 1.88. The number of carbonyl (C=O) groups excluding carboxylic acids is 1. The zero-order valence-corrected chi connectivity index (χ0v) is 12.2. The Labute approximate surface area is 126 Å². The molecule has 1 amide bonds. The van der Waals surface area contributed by atoms with E-state index in [0.717, 1.165) is 22.0 Å². The predicted octanol–water partition coefficient (Wildman–Crippen LogP) is 3.20. The molecule has 0 aliphatic carbocycles. The standard InChI is InChI=1S/C15H13N3O2S/c1-10-4-14(13-6-16-9-20-13)21-7-12(10)11-2-3-15(17-5-11)18-8-19/h2-6,8-9H,7H2,1H3,(H,17,18,19). The van der Waals surface area contributed by atoms with Crippen molar-refractivity contribution < 1.29 is 9.21 Å². The third-order valence-corrected chi connectivity index (χ3v) is 4.25. The quantitative estimate of drug-likeness (QED) is 0.878. The lowest BCUT2D eigenvalue weighted by atomic mass is 10.0. The summed E-state index contributed by atoms with van der Waals surface area (Å²) in [5.74, 6) is 2.19. The first-order valence-electron chi connectivity index (χ1n) is 6.37. The molecule has 1 aliphatic heterocycles. The second-order valence-corrected chi connectivity index (χ2v) is 5.54. The van der Waals surface area contributed by atoms with E-state index in [-0.39, 0.29) is 0 Å². The first-order valence-corrected chi connectivity index (χ1v) is 7.36. The van der Waals surface area contributed by atoms with Crippen LogP contribution in [0.5, 0.6) is 0 Å². The van der Waals surface area contributed by atoms with Crippen molar-refractivity contribution >= 4 is 34.5 Å². The molecule has 0 saturated carbocycles. The SMILES string of the molecule is CC1=C(c2ccc(NC=O)nc2)CSC(c2cnco2)=C1. The molecule has 0 saturated heterocycles. The number of oxazole rings is 1. The number of amides is 1. The Bertz CT molecular complexity index is 703. The van der Waals surface area contributed by atoms with Crippen LogP contribution in [-0.2, 0) is 4.79 Å². The largest absolute Gasteiger partial charge is 0.443 e. The van der Waals surface area contributed by atoms with Crippen molar-refractivity contribution in [3.8, 4) is 0 Å². The van der Waals surface area contributed by atoms with Gasteiger partial charge in [-0.05, 0) is 41.8 Å². The summed E-state index contributed by atoms with van der Waals surface area (Å²) >= 11 is 1.71. The molecular weight excluding hydrogens is 286 g/mol. The third-order valence-electron chi connectivity index (χ3n) is 3.19. The molecule has 6 heteroatoms. The summed E-state index contributed by atoms with van der Waals surface area (Å²) in [6.07, 6.45) is 7.65. The number of hydrogen-bond acceptors (Lipinski definition) is 5. The van der Waals surface area contributed by atoms with Gasteiger partial charge < -0.3 is 9.73 Å². The number of hydrogen-bond donors (Lipinski definition) is 1. The van der Waals surface area contributed by atoms with Crippen molar-refractivity contribution in [2.75, 3.05) is 11.1 Å². The molecular formula is C15H13N3O2S. The van der Waals surface area contributed by atoms with Crippen molar-refractivity contribution in [3.05, 3.63) is 53.9 Å². The van der Waals surface area contributed by atoms with Crippen LogP contribution in [0.1, 0.15) is 18.2 Å². The van der Waals surface area contributed by atoms with Crippen LogP contribution >= 0.6 is 11.8 Å². The minimum Gasteiger partial charge on any atom is -0.443 e. The highest BCUT2D eigenvalue weighted by molar-refractivity contribution is 8.08. The first-order chi connectivity index (χ1) is 10.3. The van der Waals surface area contributed by atoms with Gasteiger partial charge in [-0.1, -0.05) is 0 Å². The molecule has 0 unspecified atom stereocenters. The maximum absolute atomic E-state index is 10.4. The molecule has 21 heavy (non-hydrogen) atoms. The van der Waals surface area contributed by atoms with Gasteiger partial charge in [0, 0.05) is 11.9 Å². The molecule has 106 valence electrons. The molecule has 5 nitrogen and oxygen atoms in total. The van der Waals surface area contributed by atoms with Crippen molar-refractivity contribution in [1.82, 2.24) is 9.97 Å². The minimum absolute atomic E-state index is 0.549. The van der Waals surface area contributed by atoms with Crippen LogP contribution in [0, 0.1) is 0 Å².